The Hall–Kier alpha value is -6.00. The van der Waals surface area contributed by atoms with Gasteiger partial charge in [-0.1, -0.05) is 13.8 Å². The molecular weight excluding hydrogens is 761 g/mol. The minimum Gasteiger partial charge on any atom is -0.381 e. The molecule has 0 saturated carbocycles. The first-order chi connectivity index (χ1) is 29.4. The molecule has 16 nitrogen and oxygen atoms in total. The molecule has 16 heteroatoms. The number of hydrogen-bond donors (Lipinski definition) is 4. The molecule has 0 bridgehead atoms. The topological polar surface area (TPSA) is 188 Å². The molecule has 2 fully saturated rings. The number of carbonyl (C=O) groups excluding carboxylic acids is 2. The molecule has 60 heavy (non-hydrogen) atoms. The van der Waals surface area contributed by atoms with Crippen LogP contribution in [0.2, 0.25) is 0 Å². The first-order valence-electron chi connectivity index (χ1n) is 21.3. The molecule has 2 aliphatic heterocycles. The fourth-order valence-electron chi connectivity index (χ4n) is 8.10. The van der Waals surface area contributed by atoms with Crippen LogP contribution in [0, 0.1) is 0 Å². The largest absolute Gasteiger partial charge is 0.381 e. The molecule has 0 spiro atoms. The number of nitrogens with zero attached hydrogens (tertiary/aromatic N) is 8. The summed E-state index contributed by atoms with van der Waals surface area (Å²) >= 11 is 0. The molecule has 0 radical (unpaired) electrons. The molecule has 2 aliphatic rings. The number of anilines is 2. The molecule has 6 aromatic heterocycles. The first-order valence-corrected chi connectivity index (χ1v) is 21.3. The Bertz CT molecular complexity index is 2280. The summed E-state index contributed by atoms with van der Waals surface area (Å²) in [5.41, 5.74) is 9.38. The predicted molar refractivity (Wildman–Crippen MR) is 230 cm³/mol. The summed E-state index contributed by atoms with van der Waals surface area (Å²) in [6, 6.07) is 7.52. The van der Waals surface area contributed by atoms with Gasteiger partial charge < -0.3 is 30.7 Å². The van der Waals surface area contributed by atoms with Gasteiger partial charge in [-0.3, -0.25) is 19.6 Å². The van der Waals surface area contributed by atoms with Gasteiger partial charge in [-0.25, -0.2) is 19.3 Å². The Balaban J connectivity index is 0.938. The van der Waals surface area contributed by atoms with E-state index in [1.54, 1.807) is 36.7 Å². The van der Waals surface area contributed by atoms with Gasteiger partial charge in [0.05, 0.1) is 57.1 Å². The Kier molecular flexibility index (Phi) is 12.6. The number of nitrogens with one attached hydrogen (secondary N) is 4. The summed E-state index contributed by atoms with van der Waals surface area (Å²) in [7, 11) is 0. The lowest BCUT2D eigenvalue weighted by Crippen LogP contribution is -2.30. The van der Waals surface area contributed by atoms with Crippen LogP contribution in [-0.2, 0) is 48.5 Å². The van der Waals surface area contributed by atoms with Crippen LogP contribution >= 0.6 is 0 Å². The molecular formula is C44H54N12O4. The normalized spacial score (nSPS) is 15.1. The van der Waals surface area contributed by atoms with E-state index in [1.165, 1.54) is 0 Å². The number of aryl methyl sites for hydroxylation is 4. The molecule has 0 unspecified atom stereocenters. The molecule has 0 atom stereocenters. The predicted octanol–water partition coefficient (Wildman–Crippen LogP) is 5.84. The Morgan fingerprint density at radius 2 is 1.03 bits per heavy atom. The van der Waals surface area contributed by atoms with E-state index >= 15 is 0 Å². The van der Waals surface area contributed by atoms with Crippen molar-refractivity contribution in [3.8, 4) is 11.4 Å². The molecule has 0 aromatic carbocycles. The molecule has 8 heterocycles. The molecule has 8 rings (SSSR count). The highest BCUT2D eigenvalue weighted by Gasteiger charge is 2.24. The van der Waals surface area contributed by atoms with E-state index in [2.05, 4.69) is 69.1 Å². The lowest BCUT2D eigenvalue weighted by atomic mass is 10.0. The van der Waals surface area contributed by atoms with E-state index in [1.807, 2.05) is 21.8 Å². The van der Waals surface area contributed by atoms with E-state index in [4.69, 9.17) is 19.4 Å². The smallest absolute Gasteiger partial charge is 0.253 e. The minimum absolute atomic E-state index is 0.247. The Labute approximate surface area is 349 Å². The lowest BCUT2D eigenvalue weighted by Gasteiger charge is -2.26. The maximum absolute atomic E-state index is 13.5. The third-order valence-electron chi connectivity index (χ3n) is 11.5. The number of amides is 2. The summed E-state index contributed by atoms with van der Waals surface area (Å²) in [4.78, 5) is 46.1. The van der Waals surface area contributed by atoms with Gasteiger partial charge in [0.1, 0.15) is 0 Å². The third-order valence-corrected chi connectivity index (χ3v) is 11.5. The van der Waals surface area contributed by atoms with Crippen LogP contribution in [0.1, 0.15) is 96.6 Å². The third kappa shape index (κ3) is 8.52. The summed E-state index contributed by atoms with van der Waals surface area (Å²) < 4.78 is 15.0. The second-order valence-corrected chi connectivity index (χ2v) is 15.2. The molecule has 314 valence electrons. The van der Waals surface area contributed by atoms with Crippen molar-refractivity contribution in [2.75, 3.05) is 37.1 Å². The fourth-order valence-corrected chi connectivity index (χ4v) is 8.10. The highest BCUT2D eigenvalue weighted by molar-refractivity contribution is 5.96. The van der Waals surface area contributed by atoms with Gasteiger partial charge in [0, 0.05) is 99.6 Å². The second kappa shape index (κ2) is 18.5. The number of aromatic nitrogens is 8. The average Bonchev–Trinajstić information content (AvgIpc) is 3.92. The zero-order valence-corrected chi connectivity index (χ0v) is 34.9. The van der Waals surface area contributed by atoms with Crippen molar-refractivity contribution in [2.24, 2.45) is 0 Å². The summed E-state index contributed by atoms with van der Waals surface area (Å²) in [5, 5.41) is 24.8. The van der Waals surface area contributed by atoms with Gasteiger partial charge in [-0.15, -0.1) is 0 Å². The number of carbonyl (C=O) groups is 2. The number of pyridine rings is 4. The van der Waals surface area contributed by atoms with Crippen molar-refractivity contribution in [1.82, 2.24) is 50.1 Å². The quantitative estimate of drug-likeness (QED) is 0.0972. The van der Waals surface area contributed by atoms with Crippen molar-refractivity contribution in [1.29, 1.82) is 0 Å². The van der Waals surface area contributed by atoms with E-state index in [-0.39, 0.29) is 23.9 Å². The van der Waals surface area contributed by atoms with Crippen LogP contribution < -0.4 is 21.3 Å². The summed E-state index contributed by atoms with van der Waals surface area (Å²) in [5.74, 6) is -0.494. The zero-order chi connectivity index (χ0) is 41.6. The molecule has 2 saturated heterocycles. The maximum Gasteiger partial charge on any atom is 0.253 e. The number of rotatable bonds is 15. The lowest BCUT2D eigenvalue weighted by molar-refractivity contribution is 0.0903. The Morgan fingerprint density at radius 1 is 0.617 bits per heavy atom. The highest BCUT2D eigenvalue weighted by atomic mass is 16.5. The zero-order valence-electron chi connectivity index (χ0n) is 34.9. The monoisotopic (exact) mass is 814 g/mol. The second-order valence-electron chi connectivity index (χ2n) is 15.2. The minimum atomic E-state index is -0.247. The summed E-state index contributed by atoms with van der Waals surface area (Å²) in [6.07, 6.45) is 11.8. The fraction of sp³-hybridized carbons (Fsp3) is 0.455. The van der Waals surface area contributed by atoms with E-state index < -0.39 is 0 Å². The van der Waals surface area contributed by atoms with Crippen LogP contribution in [0.4, 0.5) is 11.4 Å². The van der Waals surface area contributed by atoms with E-state index in [0.29, 0.717) is 88.0 Å². The van der Waals surface area contributed by atoms with Crippen molar-refractivity contribution in [3.63, 3.8) is 0 Å². The highest BCUT2D eigenvalue weighted by Crippen LogP contribution is 2.33. The van der Waals surface area contributed by atoms with Gasteiger partial charge in [0.2, 0.25) is 0 Å². The molecule has 0 aliphatic carbocycles. The van der Waals surface area contributed by atoms with Crippen LogP contribution in [0.5, 0.6) is 0 Å². The average molecular weight is 815 g/mol. The van der Waals surface area contributed by atoms with Crippen molar-refractivity contribution < 1.29 is 19.1 Å². The summed E-state index contributed by atoms with van der Waals surface area (Å²) in [6.45, 7) is 13.1. The molecule has 6 aromatic rings. The standard InChI is InChI=1S/C44H54N12O4/c1-5-35-31(39(51-29-13-17-59-18-14-29)33-25-49-55(7-3)41(33)53-35)23-47-43(57)27-9-11-37(45-21-27)38-12-10-28(22-46-38)44(58)48-24-32-36(6-2)54-42-34(26-50-56(42)8-4)40(32)52-30-15-19-60-20-16-30/h9-12,21-22,25-26,29-30H,5-8,13-20,23-24H2,1-4H3,(H,47,57)(H,48,58)(H,51,53)(H,52,54). The molecule has 4 N–H and O–H groups in total. The van der Waals surface area contributed by atoms with Crippen molar-refractivity contribution in [2.45, 2.75) is 104 Å². The van der Waals surface area contributed by atoms with Gasteiger partial charge in [0.25, 0.3) is 11.8 Å². The van der Waals surface area contributed by atoms with E-state index in [0.717, 1.165) is 81.6 Å². The van der Waals surface area contributed by atoms with Gasteiger partial charge in [-0.05, 0) is 76.6 Å². The van der Waals surface area contributed by atoms with Crippen LogP contribution in [-0.4, -0.2) is 89.8 Å². The SMILES string of the molecule is CCc1nc2c(cnn2CC)c(NC2CCOCC2)c1CNC(=O)c1ccc(-c2ccc(C(=O)NCc3c(CC)nc4c(cnn4CC)c3NC3CCOCC3)cn2)nc1. The van der Waals surface area contributed by atoms with Gasteiger partial charge in [0.15, 0.2) is 11.3 Å². The van der Waals surface area contributed by atoms with E-state index in [9.17, 15) is 9.59 Å². The van der Waals surface area contributed by atoms with Gasteiger partial charge in [-0.2, -0.15) is 10.2 Å². The number of hydrogen-bond acceptors (Lipinski definition) is 12. The van der Waals surface area contributed by atoms with Gasteiger partial charge >= 0.3 is 0 Å². The van der Waals surface area contributed by atoms with Crippen LogP contribution in [0.3, 0.4) is 0 Å². The molecule has 2 amide bonds. The number of ether oxygens (including phenoxy) is 2. The first kappa shape index (κ1) is 40.8. The maximum atomic E-state index is 13.5. The van der Waals surface area contributed by atoms with Crippen LogP contribution in [0.25, 0.3) is 33.5 Å². The Morgan fingerprint density at radius 3 is 1.38 bits per heavy atom. The van der Waals surface area contributed by atoms with Crippen molar-refractivity contribution in [3.05, 3.63) is 82.7 Å². The number of fused-ring (bicyclic) bond motifs is 2. The van der Waals surface area contributed by atoms with Crippen LogP contribution in [0.15, 0.2) is 49.1 Å². The van der Waals surface area contributed by atoms with Crippen molar-refractivity contribution >= 4 is 45.3 Å².